The number of nitrogens with one attached hydrogen (secondary N) is 1. The first-order chi connectivity index (χ1) is 6.20. The molecule has 0 amide bonds. The zero-order chi connectivity index (χ0) is 9.68. The van der Waals surface area contributed by atoms with Gasteiger partial charge < -0.3 is 5.10 Å². The number of nitrogens with zero attached hydrogens (tertiary/aromatic N) is 1. The molecule has 0 saturated heterocycles. The molecular formula is C7H6Cl3N2Ru. The van der Waals surface area contributed by atoms with E-state index in [1.54, 1.807) is 0 Å². The van der Waals surface area contributed by atoms with Gasteiger partial charge in [-0.25, -0.2) is 0 Å². The summed E-state index contributed by atoms with van der Waals surface area (Å²) in [7, 11) is 14.8. The van der Waals surface area contributed by atoms with Crippen LogP contribution in [0.5, 0.6) is 0 Å². The molecule has 2 nitrogen and oxygen atoms in total. The molecule has 1 heterocycles. The van der Waals surface area contributed by atoms with Crippen molar-refractivity contribution in [2.24, 2.45) is 0 Å². The minimum atomic E-state index is -1.75. The van der Waals surface area contributed by atoms with Crippen molar-refractivity contribution in [2.75, 3.05) is 0 Å². The number of aromatic nitrogens is 2. The van der Waals surface area contributed by atoms with Crippen molar-refractivity contribution in [3.05, 3.63) is 30.5 Å². The quantitative estimate of drug-likeness (QED) is 0.685. The summed E-state index contributed by atoms with van der Waals surface area (Å²) in [5, 5.41) is 7.91. The molecule has 0 bridgehead atoms. The molecule has 2 rings (SSSR count). The number of rotatable bonds is 0. The maximum Gasteiger partial charge on any atom is 0.199 e. The van der Waals surface area contributed by atoms with Gasteiger partial charge in [-0.05, 0) is 0 Å². The van der Waals surface area contributed by atoms with Gasteiger partial charge in [0.05, 0.1) is 0 Å². The summed E-state index contributed by atoms with van der Waals surface area (Å²) >= 11 is -1.75. The van der Waals surface area contributed by atoms with Gasteiger partial charge in [0.1, 0.15) is 0 Å². The molecule has 0 fully saturated rings. The van der Waals surface area contributed by atoms with E-state index in [9.17, 15) is 0 Å². The number of halogens is 3. The van der Waals surface area contributed by atoms with Crippen LogP contribution in [0.3, 0.4) is 0 Å². The number of fused-ring (bicyclic) bond motifs is 1. The average molecular weight is 326 g/mol. The van der Waals surface area contributed by atoms with E-state index in [4.69, 9.17) is 29.1 Å². The first-order valence-corrected chi connectivity index (χ1v) is 9.96. The van der Waals surface area contributed by atoms with Crippen LogP contribution >= 0.6 is 29.1 Å². The monoisotopic (exact) mass is 325 g/mol. The SMILES string of the molecule is [Cl][Ru]([Cl])[Cl].c1ccc2[nH+][n-]cc2c1. The molecule has 0 aliphatic carbocycles. The maximum absolute atomic E-state index is 4.95. The molecular weight excluding hydrogens is 320 g/mol. The van der Waals surface area contributed by atoms with Gasteiger partial charge in [0.15, 0.2) is 5.52 Å². The second-order valence-electron chi connectivity index (χ2n) is 2.11. The van der Waals surface area contributed by atoms with Gasteiger partial charge in [0, 0.05) is 11.5 Å². The Hall–Kier alpha value is 0.183. The molecule has 1 aromatic carbocycles. The van der Waals surface area contributed by atoms with Crippen LogP contribution in [0.15, 0.2) is 30.5 Å². The fourth-order valence-electron chi connectivity index (χ4n) is 0.883. The first kappa shape index (κ1) is 11.3. The summed E-state index contributed by atoms with van der Waals surface area (Å²) in [6.07, 6.45) is 1.81. The van der Waals surface area contributed by atoms with Crippen LogP contribution in [0.25, 0.3) is 10.9 Å². The molecule has 0 radical (unpaired) electrons. The third kappa shape index (κ3) is 4.28. The van der Waals surface area contributed by atoms with Crippen molar-refractivity contribution < 1.29 is 18.1 Å². The van der Waals surface area contributed by atoms with Crippen molar-refractivity contribution in [1.82, 2.24) is 5.10 Å². The van der Waals surface area contributed by atoms with E-state index >= 15 is 0 Å². The molecule has 0 saturated carbocycles. The number of benzene rings is 1. The molecule has 0 aliphatic heterocycles. The standard InChI is InChI=1S/C7H6N2.3ClH.Ru/c1-2-4-7-6(3-1)5-8-9-7;;;;/h1-5,9H;3*1H;/q;;;;+3/p-3. The van der Waals surface area contributed by atoms with Gasteiger partial charge in [0.25, 0.3) is 0 Å². The normalized spacial score (nSPS) is 10.5. The molecule has 1 aromatic heterocycles. The summed E-state index contributed by atoms with van der Waals surface area (Å²) in [5.41, 5.74) is 1.09. The van der Waals surface area contributed by atoms with Crippen LogP contribution in [0, 0.1) is 0 Å². The zero-order valence-corrected chi connectivity index (χ0v) is 10.3. The van der Waals surface area contributed by atoms with Gasteiger partial charge in [-0.1, -0.05) is 18.2 Å². The predicted octanol–water partition coefficient (Wildman–Crippen LogP) is 2.68. The summed E-state index contributed by atoms with van der Waals surface area (Å²) in [6.45, 7) is 0. The molecule has 73 valence electrons. The largest absolute Gasteiger partial charge is 0.419 e. The Balaban J connectivity index is 0.000000184. The second kappa shape index (κ2) is 5.82. The van der Waals surface area contributed by atoms with Crippen LogP contribution in [0.2, 0.25) is 0 Å². The third-order valence-corrected chi connectivity index (χ3v) is 1.35. The van der Waals surface area contributed by atoms with E-state index < -0.39 is 13.0 Å². The molecule has 0 atom stereocenters. The van der Waals surface area contributed by atoms with Crippen LogP contribution in [-0.4, -0.2) is 0 Å². The predicted molar refractivity (Wildman–Crippen MR) is 51.4 cm³/mol. The van der Waals surface area contributed by atoms with Crippen molar-refractivity contribution in [3.63, 3.8) is 0 Å². The van der Waals surface area contributed by atoms with E-state index in [0.29, 0.717) is 0 Å². The van der Waals surface area contributed by atoms with E-state index in [-0.39, 0.29) is 0 Å². The number of aromatic amines is 1. The van der Waals surface area contributed by atoms with Crippen LogP contribution in [0.1, 0.15) is 0 Å². The van der Waals surface area contributed by atoms with Crippen molar-refractivity contribution in [2.45, 2.75) is 0 Å². The molecule has 2 aromatic rings. The maximum atomic E-state index is 4.95. The Kier molecular flexibility index (Phi) is 5.04. The van der Waals surface area contributed by atoms with Crippen LogP contribution in [0.4, 0.5) is 0 Å². The van der Waals surface area contributed by atoms with E-state index in [1.807, 2.05) is 30.5 Å². The minimum Gasteiger partial charge on any atom is -0.419 e. The van der Waals surface area contributed by atoms with Crippen molar-refractivity contribution in [3.8, 4) is 0 Å². The summed E-state index contributed by atoms with van der Waals surface area (Å²) in [6, 6.07) is 8.01. The zero-order valence-electron chi connectivity index (χ0n) is 6.32. The average Bonchev–Trinajstić information content (AvgIpc) is 2.49. The molecule has 0 unspecified atom stereocenters. The van der Waals surface area contributed by atoms with Crippen molar-refractivity contribution in [1.29, 1.82) is 0 Å². The van der Waals surface area contributed by atoms with Gasteiger partial charge in [-0.15, -0.1) is 6.20 Å². The summed E-state index contributed by atoms with van der Waals surface area (Å²) in [5.74, 6) is 0. The van der Waals surface area contributed by atoms with Gasteiger partial charge >= 0.3 is 42.1 Å². The third-order valence-electron chi connectivity index (χ3n) is 1.35. The Morgan fingerprint density at radius 1 is 1.15 bits per heavy atom. The molecule has 0 aliphatic rings. The van der Waals surface area contributed by atoms with Crippen LogP contribution < -0.4 is 10.2 Å². The molecule has 1 N–H and O–H groups in total. The molecule has 0 spiro atoms. The number of H-pyrrole nitrogens is 1. The van der Waals surface area contributed by atoms with Gasteiger partial charge in [-0.2, -0.15) is 0 Å². The van der Waals surface area contributed by atoms with Crippen molar-refractivity contribution >= 4 is 40.0 Å². The number of hydrogen-bond acceptors (Lipinski definition) is 0. The Morgan fingerprint density at radius 2 is 1.77 bits per heavy atom. The second-order valence-corrected chi connectivity index (χ2v) is 10.0. The Bertz CT molecular complexity index is 330. The first-order valence-electron chi connectivity index (χ1n) is 3.25. The fourth-order valence-corrected chi connectivity index (χ4v) is 0.883. The number of para-hydroxylation sites is 1. The fraction of sp³-hybridized carbons (Fsp3) is 0. The Labute approximate surface area is 93.2 Å². The summed E-state index contributed by atoms with van der Waals surface area (Å²) < 4.78 is 0. The topological polar surface area (TPSA) is 28.2 Å². The smallest absolute Gasteiger partial charge is 0.199 e. The molecule has 13 heavy (non-hydrogen) atoms. The van der Waals surface area contributed by atoms with E-state index in [1.165, 1.54) is 0 Å². The number of hydrogen-bond donors (Lipinski definition) is 0. The van der Waals surface area contributed by atoms with E-state index in [2.05, 4.69) is 10.2 Å². The van der Waals surface area contributed by atoms with E-state index in [0.717, 1.165) is 10.9 Å². The van der Waals surface area contributed by atoms with Gasteiger partial charge in [-0.3, -0.25) is 5.10 Å². The van der Waals surface area contributed by atoms with Crippen LogP contribution in [-0.2, 0) is 13.0 Å². The Morgan fingerprint density at radius 3 is 2.38 bits per heavy atom. The summed E-state index contributed by atoms with van der Waals surface area (Å²) in [4.78, 5) is 0. The van der Waals surface area contributed by atoms with Gasteiger partial charge in [0.2, 0.25) is 0 Å². The minimum absolute atomic E-state index is 1.09. The molecule has 6 heteroatoms.